The molecule has 2 aromatic carbocycles. The molecule has 0 unspecified atom stereocenters. The number of hydrogen-bond donors (Lipinski definition) is 1. The summed E-state index contributed by atoms with van der Waals surface area (Å²) in [5.74, 6) is -1.29. The Morgan fingerprint density at radius 1 is 0.897 bits per heavy atom. The minimum Gasteiger partial charge on any atom is -0.295 e. The first kappa shape index (κ1) is 21.1. The number of hydrogen-bond acceptors (Lipinski definition) is 5. The van der Waals surface area contributed by atoms with Crippen molar-refractivity contribution in [3.05, 3.63) is 66.0 Å². The largest absolute Gasteiger partial charge is 0.295 e. The molecule has 7 nitrogen and oxygen atoms in total. The maximum Gasteiger partial charge on any atom is 0.243 e. The molecule has 154 valence electrons. The Kier molecular flexibility index (Phi) is 6.73. The summed E-state index contributed by atoms with van der Waals surface area (Å²) in [5, 5.41) is 2.36. The van der Waals surface area contributed by atoms with E-state index < -0.39 is 21.7 Å². The Balaban J connectivity index is 1.47. The van der Waals surface area contributed by atoms with E-state index in [-0.39, 0.29) is 36.9 Å². The van der Waals surface area contributed by atoms with Gasteiger partial charge in [0.15, 0.2) is 0 Å². The average molecular weight is 419 g/mol. The van der Waals surface area contributed by atoms with Crippen LogP contribution >= 0.6 is 0 Å². The van der Waals surface area contributed by atoms with Crippen LogP contribution in [-0.2, 0) is 26.0 Å². The number of rotatable bonds is 6. The lowest BCUT2D eigenvalue weighted by atomic mass is 10.1. The van der Waals surface area contributed by atoms with E-state index in [1.54, 1.807) is 4.90 Å². The molecule has 1 heterocycles. The zero-order chi connectivity index (χ0) is 20.9. The number of benzene rings is 2. The van der Waals surface area contributed by atoms with Gasteiger partial charge in [0, 0.05) is 26.2 Å². The lowest BCUT2D eigenvalue weighted by molar-refractivity contribution is -0.130. The fourth-order valence-corrected chi connectivity index (χ4v) is 4.53. The van der Waals surface area contributed by atoms with Crippen LogP contribution in [0.4, 0.5) is 4.39 Å². The van der Waals surface area contributed by atoms with Gasteiger partial charge in [-0.2, -0.15) is 4.31 Å². The van der Waals surface area contributed by atoms with Crippen molar-refractivity contribution in [1.82, 2.24) is 14.5 Å². The molecule has 0 spiro atoms. The molecule has 1 aliphatic rings. The quantitative estimate of drug-likeness (QED) is 0.756. The van der Waals surface area contributed by atoms with Gasteiger partial charge in [0.05, 0.1) is 17.9 Å². The molecule has 3 rings (SSSR count). The highest BCUT2D eigenvalue weighted by molar-refractivity contribution is 7.89. The Morgan fingerprint density at radius 3 is 2.14 bits per heavy atom. The predicted molar refractivity (Wildman–Crippen MR) is 105 cm³/mol. The van der Waals surface area contributed by atoms with Gasteiger partial charge in [-0.1, -0.05) is 30.3 Å². The molecule has 29 heavy (non-hydrogen) atoms. The molecule has 2 aromatic rings. The molecule has 1 N–H and O–H groups in total. The Hall–Kier alpha value is -2.62. The SMILES string of the molecule is O=C(Cc1ccccc1)NC(=O)CN1CCN(S(=O)(=O)c2ccc(F)cc2)CC1. The number of nitrogens with one attached hydrogen (secondary N) is 1. The number of imide groups is 1. The summed E-state index contributed by atoms with van der Waals surface area (Å²) in [5.41, 5.74) is 0.817. The van der Waals surface area contributed by atoms with Gasteiger partial charge >= 0.3 is 0 Å². The maximum absolute atomic E-state index is 13.0. The van der Waals surface area contributed by atoms with Crippen LogP contribution in [0.15, 0.2) is 59.5 Å². The third-order valence-corrected chi connectivity index (χ3v) is 6.55. The van der Waals surface area contributed by atoms with Crippen molar-refractivity contribution < 1.29 is 22.4 Å². The van der Waals surface area contributed by atoms with E-state index in [0.717, 1.165) is 17.7 Å². The lowest BCUT2D eigenvalue weighted by Gasteiger charge is -2.33. The van der Waals surface area contributed by atoms with Gasteiger partial charge in [-0.25, -0.2) is 12.8 Å². The van der Waals surface area contributed by atoms with E-state index in [9.17, 15) is 22.4 Å². The number of piperazine rings is 1. The summed E-state index contributed by atoms with van der Waals surface area (Å²) in [6, 6.07) is 13.8. The monoisotopic (exact) mass is 419 g/mol. The van der Waals surface area contributed by atoms with Gasteiger partial charge in [-0.3, -0.25) is 19.8 Å². The molecule has 0 bridgehead atoms. The van der Waals surface area contributed by atoms with Crippen LogP contribution in [0.3, 0.4) is 0 Å². The molecular formula is C20H22FN3O4S. The lowest BCUT2D eigenvalue weighted by Crippen LogP contribution is -2.51. The number of amides is 2. The Bertz CT molecular complexity index is 957. The van der Waals surface area contributed by atoms with E-state index in [1.165, 1.54) is 16.4 Å². The van der Waals surface area contributed by atoms with Crippen LogP contribution in [0.25, 0.3) is 0 Å². The predicted octanol–water partition coefficient (Wildman–Crippen LogP) is 1.02. The zero-order valence-electron chi connectivity index (χ0n) is 15.8. The average Bonchev–Trinajstić information content (AvgIpc) is 2.69. The fourth-order valence-electron chi connectivity index (χ4n) is 3.11. The summed E-state index contributed by atoms with van der Waals surface area (Å²) in [4.78, 5) is 25.9. The first-order valence-electron chi connectivity index (χ1n) is 9.19. The number of nitrogens with zero attached hydrogens (tertiary/aromatic N) is 2. The Morgan fingerprint density at radius 2 is 1.52 bits per heavy atom. The van der Waals surface area contributed by atoms with Crippen LogP contribution in [0.5, 0.6) is 0 Å². The number of sulfonamides is 1. The second-order valence-corrected chi connectivity index (χ2v) is 8.71. The van der Waals surface area contributed by atoms with Crippen molar-refractivity contribution in [2.24, 2.45) is 0 Å². The van der Waals surface area contributed by atoms with Crippen LogP contribution in [0, 0.1) is 5.82 Å². The molecule has 1 fully saturated rings. The van der Waals surface area contributed by atoms with E-state index in [1.807, 2.05) is 30.3 Å². The van der Waals surface area contributed by atoms with Gasteiger partial charge in [0.1, 0.15) is 5.82 Å². The Labute approximate surface area is 169 Å². The fraction of sp³-hybridized carbons (Fsp3) is 0.300. The molecule has 9 heteroatoms. The molecule has 1 aliphatic heterocycles. The van der Waals surface area contributed by atoms with Crippen LogP contribution < -0.4 is 5.32 Å². The topological polar surface area (TPSA) is 86.8 Å². The highest BCUT2D eigenvalue weighted by atomic mass is 32.2. The third-order valence-electron chi connectivity index (χ3n) is 4.64. The van der Waals surface area contributed by atoms with Gasteiger partial charge < -0.3 is 0 Å². The van der Waals surface area contributed by atoms with Crippen molar-refractivity contribution in [2.75, 3.05) is 32.7 Å². The van der Waals surface area contributed by atoms with Crippen molar-refractivity contribution >= 4 is 21.8 Å². The van der Waals surface area contributed by atoms with E-state index in [0.29, 0.717) is 13.1 Å². The summed E-state index contributed by atoms with van der Waals surface area (Å²) in [7, 11) is -3.70. The van der Waals surface area contributed by atoms with E-state index >= 15 is 0 Å². The summed E-state index contributed by atoms with van der Waals surface area (Å²) < 4.78 is 39.6. The highest BCUT2D eigenvalue weighted by Gasteiger charge is 2.29. The molecule has 1 saturated heterocycles. The molecule has 0 radical (unpaired) electrons. The van der Waals surface area contributed by atoms with Gasteiger partial charge in [0.25, 0.3) is 0 Å². The zero-order valence-corrected chi connectivity index (χ0v) is 16.6. The molecule has 0 atom stereocenters. The maximum atomic E-state index is 13.0. The van der Waals surface area contributed by atoms with Crippen molar-refractivity contribution in [2.45, 2.75) is 11.3 Å². The van der Waals surface area contributed by atoms with Crippen molar-refractivity contribution in [3.63, 3.8) is 0 Å². The standard InChI is InChI=1S/C20H22FN3O4S/c21-17-6-8-18(9-7-17)29(27,28)24-12-10-23(11-13-24)15-20(26)22-19(25)14-16-4-2-1-3-5-16/h1-9H,10-15H2,(H,22,25,26). The first-order chi connectivity index (χ1) is 13.8. The third kappa shape index (κ3) is 5.69. The minimum absolute atomic E-state index is 0.0188. The molecule has 0 aromatic heterocycles. The van der Waals surface area contributed by atoms with Crippen molar-refractivity contribution in [1.29, 1.82) is 0 Å². The number of carbonyl (C=O) groups is 2. The van der Waals surface area contributed by atoms with Gasteiger partial charge in [0.2, 0.25) is 21.8 Å². The normalized spacial score (nSPS) is 15.8. The van der Waals surface area contributed by atoms with E-state index in [2.05, 4.69) is 5.32 Å². The highest BCUT2D eigenvalue weighted by Crippen LogP contribution is 2.18. The van der Waals surface area contributed by atoms with Crippen molar-refractivity contribution in [3.8, 4) is 0 Å². The molecule has 2 amide bonds. The molecule has 0 saturated carbocycles. The van der Waals surface area contributed by atoms with Gasteiger partial charge in [-0.15, -0.1) is 0 Å². The first-order valence-corrected chi connectivity index (χ1v) is 10.6. The van der Waals surface area contributed by atoms with Crippen LogP contribution in [0.1, 0.15) is 5.56 Å². The number of carbonyl (C=O) groups excluding carboxylic acids is 2. The van der Waals surface area contributed by atoms with Gasteiger partial charge in [-0.05, 0) is 29.8 Å². The van der Waals surface area contributed by atoms with Crippen LogP contribution in [0.2, 0.25) is 0 Å². The summed E-state index contributed by atoms with van der Waals surface area (Å²) in [6.07, 6.45) is 0.121. The summed E-state index contributed by atoms with van der Waals surface area (Å²) >= 11 is 0. The second-order valence-electron chi connectivity index (χ2n) is 6.77. The smallest absolute Gasteiger partial charge is 0.243 e. The molecular weight excluding hydrogens is 397 g/mol. The molecule has 0 aliphatic carbocycles. The van der Waals surface area contributed by atoms with E-state index in [4.69, 9.17) is 0 Å². The summed E-state index contributed by atoms with van der Waals surface area (Å²) in [6.45, 7) is 1.17. The number of halogens is 1. The minimum atomic E-state index is -3.70. The van der Waals surface area contributed by atoms with Crippen LogP contribution in [-0.4, -0.2) is 62.2 Å². The second kappa shape index (κ2) is 9.25.